The SMILES string of the molecule is C/C=C/c1ccccc1OCc1csc(C(=O)N2CCN(Cc3cccc(F)c3)CC2)c1. The number of allylic oxidation sites excluding steroid dienone is 1. The van der Waals surface area contributed by atoms with Gasteiger partial charge in [0.05, 0.1) is 4.88 Å². The van der Waals surface area contributed by atoms with Gasteiger partial charge in [0.25, 0.3) is 5.91 Å². The summed E-state index contributed by atoms with van der Waals surface area (Å²) in [6.45, 7) is 6.03. The average molecular weight is 451 g/mol. The van der Waals surface area contributed by atoms with Gasteiger partial charge in [-0.1, -0.05) is 42.5 Å². The van der Waals surface area contributed by atoms with Crippen LogP contribution in [0.2, 0.25) is 0 Å². The predicted molar refractivity (Wildman–Crippen MR) is 127 cm³/mol. The number of carbonyl (C=O) groups excluding carboxylic acids is 1. The molecule has 1 aliphatic heterocycles. The largest absolute Gasteiger partial charge is 0.488 e. The molecular formula is C26H27FN2O2S. The minimum Gasteiger partial charge on any atom is -0.488 e. The maximum absolute atomic E-state index is 13.4. The number of hydrogen-bond acceptors (Lipinski definition) is 4. The van der Waals surface area contributed by atoms with Crippen molar-refractivity contribution >= 4 is 23.3 Å². The summed E-state index contributed by atoms with van der Waals surface area (Å²) in [6.07, 6.45) is 4.01. The fourth-order valence-corrected chi connectivity index (χ4v) is 4.68. The van der Waals surface area contributed by atoms with Crippen molar-refractivity contribution in [2.24, 2.45) is 0 Å². The molecule has 3 aromatic rings. The highest BCUT2D eigenvalue weighted by atomic mass is 32.1. The van der Waals surface area contributed by atoms with Gasteiger partial charge in [-0.25, -0.2) is 4.39 Å². The van der Waals surface area contributed by atoms with Gasteiger partial charge in [-0.05, 0) is 42.1 Å². The van der Waals surface area contributed by atoms with Gasteiger partial charge in [0.15, 0.2) is 0 Å². The lowest BCUT2D eigenvalue weighted by Gasteiger charge is -2.34. The van der Waals surface area contributed by atoms with Crippen molar-refractivity contribution in [3.05, 3.63) is 93.4 Å². The topological polar surface area (TPSA) is 32.8 Å². The summed E-state index contributed by atoms with van der Waals surface area (Å²) in [6, 6.07) is 16.6. The Bertz CT molecular complexity index is 1090. The molecule has 1 fully saturated rings. The molecule has 4 rings (SSSR count). The third-order valence-corrected chi connectivity index (χ3v) is 6.45. The zero-order valence-corrected chi connectivity index (χ0v) is 19.0. The van der Waals surface area contributed by atoms with Crippen LogP contribution < -0.4 is 4.74 Å². The molecule has 0 aliphatic carbocycles. The van der Waals surface area contributed by atoms with Gasteiger partial charge in [0.1, 0.15) is 18.2 Å². The molecule has 0 unspecified atom stereocenters. The Morgan fingerprint density at radius 1 is 1.06 bits per heavy atom. The molecule has 0 bridgehead atoms. The van der Waals surface area contributed by atoms with Gasteiger partial charge >= 0.3 is 0 Å². The number of thiophene rings is 1. The zero-order chi connectivity index (χ0) is 22.3. The first kappa shape index (κ1) is 22.2. The molecule has 0 spiro atoms. The summed E-state index contributed by atoms with van der Waals surface area (Å²) in [5, 5.41) is 1.99. The number of piperazine rings is 1. The molecule has 2 heterocycles. The van der Waals surface area contributed by atoms with Gasteiger partial charge in [0.2, 0.25) is 0 Å². The van der Waals surface area contributed by atoms with Crippen LogP contribution in [0.4, 0.5) is 4.39 Å². The molecular weight excluding hydrogens is 423 g/mol. The van der Waals surface area contributed by atoms with Crippen molar-refractivity contribution in [1.82, 2.24) is 9.80 Å². The number of rotatable bonds is 7. The molecule has 1 aliphatic rings. The number of carbonyl (C=O) groups is 1. The molecule has 1 saturated heterocycles. The fourth-order valence-electron chi connectivity index (χ4n) is 3.81. The Balaban J connectivity index is 1.29. The number of ether oxygens (including phenoxy) is 1. The van der Waals surface area contributed by atoms with Crippen LogP contribution in [0.3, 0.4) is 0 Å². The fraction of sp³-hybridized carbons (Fsp3) is 0.269. The highest BCUT2D eigenvalue weighted by Gasteiger charge is 2.23. The highest BCUT2D eigenvalue weighted by Crippen LogP contribution is 2.23. The molecule has 2 aromatic carbocycles. The summed E-state index contributed by atoms with van der Waals surface area (Å²) in [5.41, 5.74) is 3.00. The summed E-state index contributed by atoms with van der Waals surface area (Å²) in [4.78, 5) is 17.9. The molecule has 0 saturated carbocycles. The van der Waals surface area contributed by atoms with E-state index in [4.69, 9.17) is 4.74 Å². The molecule has 1 amide bonds. The van der Waals surface area contributed by atoms with Gasteiger partial charge in [-0.15, -0.1) is 11.3 Å². The van der Waals surface area contributed by atoms with Crippen molar-refractivity contribution in [2.75, 3.05) is 26.2 Å². The Morgan fingerprint density at radius 3 is 2.66 bits per heavy atom. The van der Waals surface area contributed by atoms with E-state index in [2.05, 4.69) is 4.90 Å². The van der Waals surface area contributed by atoms with Crippen molar-refractivity contribution in [3.63, 3.8) is 0 Å². The van der Waals surface area contributed by atoms with Crippen LogP contribution >= 0.6 is 11.3 Å². The number of para-hydroxylation sites is 1. The molecule has 4 nitrogen and oxygen atoms in total. The molecule has 0 atom stereocenters. The second-order valence-corrected chi connectivity index (χ2v) is 8.76. The first-order chi connectivity index (χ1) is 15.6. The van der Waals surface area contributed by atoms with E-state index in [9.17, 15) is 9.18 Å². The van der Waals surface area contributed by atoms with Crippen molar-refractivity contribution in [2.45, 2.75) is 20.1 Å². The standard InChI is InChI=1S/C26H27FN2O2S/c1-2-6-22-8-3-4-10-24(22)31-18-21-16-25(32-19-21)26(30)29-13-11-28(12-14-29)17-20-7-5-9-23(27)15-20/h2-10,15-16,19H,11-14,17-18H2,1H3/b6-2+. The number of nitrogens with zero attached hydrogens (tertiary/aromatic N) is 2. The van der Waals surface area contributed by atoms with Gasteiger partial charge in [-0.3, -0.25) is 9.69 Å². The van der Waals surface area contributed by atoms with Crippen LogP contribution in [0.1, 0.15) is 33.3 Å². The Hall–Kier alpha value is -2.96. The van der Waals surface area contributed by atoms with E-state index in [-0.39, 0.29) is 11.7 Å². The smallest absolute Gasteiger partial charge is 0.264 e. The zero-order valence-electron chi connectivity index (χ0n) is 18.2. The predicted octanol–water partition coefficient (Wildman–Crippen LogP) is 5.46. The molecule has 0 radical (unpaired) electrons. The normalized spacial score (nSPS) is 14.8. The molecule has 0 N–H and O–H groups in total. The van der Waals surface area contributed by atoms with E-state index in [1.807, 2.05) is 65.8 Å². The van der Waals surface area contributed by atoms with E-state index in [1.54, 1.807) is 12.1 Å². The second-order valence-electron chi connectivity index (χ2n) is 7.84. The molecule has 1 aromatic heterocycles. The number of halogens is 1. The summed E-state index contributed by atoms with van der Waals surface area (Å²) in [5.74, 6) is 0.694. The van der Waals surface area contributed by atoms with E-state index in [1.165, 1.54) is 17.4 Å². The molecule has 6 heteroatoms. The van der Waals surface area contributed by atoms with Crippen LogP contribution in [0, 0.1) is 5.82 Å². The van der Waals surface area contributed by atoms with Crippen molar-refractivity contribution < 1.29 is 13.9 Å². The first-order valence-corrected chi connectivity index (χ1v) is 11.7. The number of benzene rings is 2. The van der Waals surface area contributed by atoms with Gasteiger partial charge < -0.3 is 9.64 Å². The minimum atomic E-state index is -0.209. The third kappa shape index (κ3) is 5.64. The van der Waals surface area contributed by atoms with E-state index in [0.717, 1.165) is 40.4 Å². The van der Waals surface area contributed by atoms with Crippen molar-refractivity contribution in [1.29, 1.82) is 0 Å². The maximum atomic E-state index is 13.4. The number of amides is 1. The molecule has 32 heavy (non-hydrogen) atoms. The Labute approximate surface area is 192 Å². The van der Waals surface area contributed by atoms with Crippen LogP contribution in [0.5, 0.6) is 5.75 Å². The van der Waals surface area contributed by atoms with E-state index >= 15 is 0 Å². The average Bonchev–Trinajstić information content (AvgIpc) is 3.28. The lowest BCUT2D eigenvalue weighted by atomic mass is 10.2. The second kappa shape index (κ2) is 10.6. The minimum absolute atomic E-state index is 0.0703. The molecule has 166 valence electrons. The van der Waals surface area contributed by atoms with Crippen LogP contribution in [0.15, 0.2) is 66.1 Å². The van der Waals surface area contributed by atoms with Crippen LogP contribution in [-0.2, 0) is 13.2 Å². The van der Waals surface area contributed by atoms with E-state index in [0.29, 0.717) is 26.2 Å². The van der Waals surface area contributed by atoms with Crippen LogP contribution in [0.25, 0.3) is 6.08 Å². The summed E-state index contributed by atoms with van der Waals surface area (Å²) in [7, 11) is 0. The highest BCUT2D eigenvalue weighted by molar-refractivity contribution is 7.12. The first-order valence-electron chi connectivity index (χ1n) is 10.8. The Kier molecular flexibility index (Phi) is 7.35. The quantitative estimate of drug-likeness (QED) is 0.479. The summed E-state index contributed by atoms with van der Waals surface area (Å²) < 4.78 is 19.4. The van der Waals surface area contributed by atoms with E-state index < -0.39 is 0 Å². The monoisotopic (exact) mass is 450 g/mol. The number of hydrogen-bond donors (Lipinski definition) is 0. The van der Waals surface area contributed by atoms with Gasteiger partial charge in [0, 0.05) is 43.9 Å². The van der Waals surface area contributed by atoms with Gasteiger partial charge in [-0.2, -0.15) is 0 Å². The lowest BCUT2D eigenvalue weighted by Crippen LogP contribution is -2.48. The third-order valence-electron chi connectivity index (χ3n) is 5.48. The Morgan fingerprint density at radius 2 is 1.88 bits per heavy atom. The van der Waals surface area contributed by atoms with Crippen molar-refractivity contribution in [3.8, 4) is 5.75 Å². The van der Waals surface area contributed by atoms with Crippen LogP contribution in [-0.4, -0.2) is 41.9 Å². The lowest BCUT2D eigenvalue weighted by molar-refractivity contribution is 0.0633. The maximum Gasteiger partial charge on any atom is 0.264 e. The summed E-state index contributed by atoms with van der Waals surface area (Å²) >= 11 is 1.47.